The third kappa shape index (κ3) is 19.5. The van der Waals surface area contributed by atoms with Gasteiger partial charge in [0.25, 0.3) is 5.91 Å². The van der Waals surface area contributed by atoms with Crippen LogP contribution in [0, 0.1) is 23.7 Å². The monoisotopic (exact) mass is 963 g/mol. The lowest BCUT2D eigenvalue weighted by molar-refractivity contribution is -0.160. The van der Waals surface area contributed by atoms with Crippen LogP contribution in [0.4, 0.5) is 4.79 Å². The van der Waals surface area contributed by atoms with Crippen LogP contribution in [0.2, 0.25) is 0 Å². The summed E-state index contributed by atoms with van der Waals surface area (Å²) in [4.78, 5) is 114. The third-order valence-corrected chi connectivity index (χ3v) is 12.2. The van der Waals surface area contributed by atoms with Crippen LogP contribution >= 0.6 is 0 Å². The Balaban J connectivity index is 3.89. The molecule has 0 saturated heterocycles. The summed E-state index contributed by atoms with van der Waals surface area (Å²) in [5.41, 5.74) is 0.0792. The number of nitrogens with zero attached hydrogens (tertiary/aromatic N) is 3. The molecule has 388 valence electrons. The Hall–Kier alpha value is -5.00. The van der Waals surface area contributed by atoms with Crippen molar-refractivity contribution < 1.29 is 57.7 Å². The predicted octanol–water partition coefficient (Wildman–Crippen LogP) is 5.06. The Morgan fingerprint density at radius 3 is 2.09 bits per heavy atom. The molecule has 0 unspecified atom stereocenters. The maximum absolute atomic E-state index is 14.6. The SMILES string of the molecule is CC/C=C(\C)[C@H]1OC(=O)[C@H](C)N(C)C(=O)[C@H](C(C)C)NC(=O)CN(C)C(=O)[C@@H](CC(C)C)N(C)C(=O)[C@H](CCCCNC(=O)OC(C)(C)C)NC(=O)[C@@H]([C@@H](C)CC)OC(=O)/C(C)=C/C[C@H](O)[C@@H]1C. The van der Waals surface area contributed by atoms with Gasteiger partial charge in [0.1, 0.15) is 35.9 Å². The number of hydrogen-bond donors (Lipinski definition) is 4. The van der Waals surface area contributed by atoms with Gasteiger partial charge in [0.15, 0.2) is 6.10 Å². The molecular weight excluding hydrogens is 877 g/mol. The predicted molar refractivity (Wildman–Crippen MR) is 259 cm³/mol. The number of aliphatic hydroxyl groups excluding tert-OH is 1. The van der Waals surface area contributed by atoms with Gasteiger partial charge in [-0.25, -0.2) is 14.4 Å². The number of esters is 2. The maximum atomic E-state index is 14.6. The molecule has 18 nitrogen and oxygen atoms in total. The Bertz CT molecular complexity index is 1790. The van der Waals surface area contributed by atoms with Gasteiger partial charge in [-0.15, -0.1) is 0 Å². The number of allylic oxidation sites excluding steroid dienone is 1. The molecule has 1 heterocycles. The van der Waals surface area contributed by atoms with Crippen molar-refractivity contribution in [2.45, 2.75) is 190 Å². The number of carbonyl (C=O) groups is 8. The van der Waals surface area contributed by atoms with E-state index in [9.17, 15) is 43.5 Å². The lowest BCUT2D eigenvalue weighted by Gasteiger charge is -2.35. The van der Waals surface area contributed by atoms with Crippen LogP contribution in [0.5, 0.6) is 0 Å². The lowest BCUT2D eigenvalue weighted by atomic mass is 9.90. The summed E-state index contributed by atoms with van der Waals surface area (Å²) in [5, 5.41) is 19.7. The first-order valence-electron chi connectivity index (χ1n) is 24.3. The van der Waals surface area contributed by atoms with E-state index in [0.29, 0.717) is 31.3 Å². The van der Waals surface area contributed by atoms with Gasteiger partial charge >= 0.3 is 18.0 Å². The van der Waals surface area contributed by atoms with E-state index in [4.69, 9.17) is 14.2 Å². The molecule has 6 amide bonds. The Morgan fingerprint density at radius 1 is 0.926 bits per heavy atom. The maximum Gasteiger partial charge on any atom is 0.407 e. The van der Waals surface area contributed by atoms with E-state index in [1.165, 1.54) is 55.8 Å². The highest BCUT2D eigenvalue weighted by Crippen LogP contribution is 2.25. The van der Waals surface area contributed by atoms with Crippen molar-refractivity contribution in [1.82, 2.24) is 30.7 Å². The fourth-order valence-electron chi connectivity index (χ4n) is 7.53. The van der Waals surface area contributed by atoms with Crippen molar-refractivity contribution in [3.63, 3.8) is 0 Å². The molecule has 0 radical (unpaired) electrons. The number of amides is 6. The van der Waals surface area contributed by atoms with Crippen molar-refractivity contribution in [2.75, 3.05) is 34.2 Å². The highest BCUT2D eigenvalue weighted by molar-refractivity contribution is 5.96. The first-order chi connectivity index (χ1) is 31.5. The number of alkyl carbamates (subject to hydrolysis) is 1. The average Bonchev–Trinajstić information content (AvgIpc) is 3.25. The number of aliphatic hydroxyl groups is 1. The minimum absolute atomic E-state index is 0.0450. The number of carbonyl (C=O) groups excluding carboxylic acids is 8. The van der Waals surface area contributed by atoms with Crippen LogP contribution in [0.15, 0.2) is 23.3 Å². The number of nitrogens with one attached hydrogen (secondary N) is 3. The van der Waals surface area contributed by atoms with Gasteiger partial charge in [-0.3, -0.25) is 24.0 Å². The van der Waals surface area contributed by atoms with Gasteiger partial charge in [-0.2, -0.15) is 0 Å². The van der Waals surface area contributed by atoms with Gasteiger partial charge in [-0.05, 0) is 104 Å². The quantitative estimate of drug-likeness (QED) is 0.0871. The molecule has 9 atom stereocenters. The largest absolute Gasteiger partial charge is 0.456 e. The molecule has 0 spiro atoms. The Kier molecular flexibility index (Phi) is 25.6. The smallest absolute Gasteiger partial charge is 0.407 e. The van der Waals surface area contributed by atoms with E-state index in [0.717, 1.165) is 0 Å². The molecule has 1 aliphatic heterocycles. The fraction of sp³-hybridized carbons (Fsp3) is 0.760. The Morgan fingerprint density at radius 2 is 1.54 bits per heavy atom. The van der Waals surface area contributed by atoms with Crippen LogP contribution < -0.4 is 16.0 Å². The van der Waals surface area contributed by atoms with Gasteiger partial charge < -0.3 is 50.0 Å². The molecule has 0 fully saturated rings. The summed E-state index contributed by atoms with van der Waals surface area (Å²) >= 11 is 0. The number of hydrogen-bond acceptors (Lipinski definition) is 12. The fourth-order valence-corrected chi connectivity index (χ4v) is 7.53. The second-order valence-electron chi connectivity index (χ2n) is 20.2. The highest BCUT2D eigenvalue weighted by atomic mass is 16.6. The first kappa shape index (κ1) is 61.0. The van der Waals surface area contributed by atoms with E-state index in [2.05, 4.69) is 16.0 Å². The molecule has 0 bridgehead atoms. The first-order valence-corrected chi connectivity index (χ1v) is 24.3. The molecule has 0 saturated carbocycles. The van der Waals surface area contributed by atoms with Crippen LogP contribution in [-0.4, -0.2) is 150 Å². The lowest BCUT2D eigenvalue weighted by Crippen LogP contribution is -2.58. The van der Waals surface area contributed by atoms with Crippen molar-refractivity contribution in [3.8, 4) is 0 Å². The zero-order valence-corrected chi connectivity index (χ0v) is 44.1. The summed E-state index contributed by atoms with van der Waals surface area (Å²) in [6, 6.07) is -4.49. The molecule has 0 aromatic heterocycles. The van der Waals surface area contributed by atoms with Gasteiger partial charge in [0.2, 0.25) is 23.6 Å². The molecule has 0 aliphatic carbocycles. The summed E-state index contributed by atoms with van der Waals surface area (Å²) in [5.74, 6) is -6.40. The van der Waals surface area contributed by atoms with Crippen molar-refractivity contribution in [2.24, 2.45) is 23.7 Å². The number of cyclic esters (lactones) is 2. The third-order valence-electron chi connectivity index (χ3n) is 12.2. The minimum Gasteiger partial charge on any atom is -0.456 e. The standard InChI is InChI=1S/C50H86N6O12/c1-18-22-32(8)41-34(10)38(57)25-24-33(9)47(63)67-42(31(7)19-2)43(59)52-36(23-20-21-26-51-49(65)68-50(12,13)14)44(60)56(17)37(27-29(3)4)45(61)54(15)28-39(58)53-40(30(5)6)46(62)55(16)35(11)48(64)66-41/h22,24,29-31,34-38,40-42,57H,18-21,23,25-28H2,1-17H3,(H,51,65)(H,52,59)(H,53,58)/b32-22+,33-24+/t31-,34-,35-,36-,37+,38-,40-,41+,42+/m0/s1. The summed E-state index contributed by atoms with van der Waals surface area (Å²) < 4.78 is 17.2. The van der Waals surface area contributed by atoms with Crippen LogP contribution in [0.25, 0.3) is 0 Å². The summed E-state index contributed by atoms with van der Waals surface area (Å²) in [6.07, 6.45) is 1.41. The topological polar surface area (TPSA) is 230 Å². The van der Waals surface area contributed by atoms with E-state index in [1.807, 2.05) is 33.8 Å². The molecule has 68 heavy (non-hydrogen) atoms. The average molecular weight is 963 g/mol. The number of rotatable bonds is 12. The second-order valence-corrected chi connectivity index (χ2v) is 20.2. The number of unbranched alkanes of at least 4 members (excludes halogenated alkanes) is 1. The Labute approximate surface area is 406 Å². The van der Waals surface area contributed by atoms with Gasteiger partial charge in [-0.1, -0.05) is 67.5 Å². The molecule has 1 aliphatic rings. The molecule has 0 aromatic rings. The van der Waals surface area contributed by atoms with Crippen molar-refractivity contribution in [3.05, 3.63) is 23.3 Å². The normalized spacial score (nSPS) is 27.0. The molecule has 1 rings (SSSR count). The van der Waals surface area contributed by atoms with Crippen molar-refractivity contribution in [1.29, 1.82) is 0 Å². The van der Waals surface area contributed by atoms with Crippen LogP contribution in [0.3, 0.4) is 0 Å². The summed E-state index contributed by atoms with van der Waals surface area (Å²) in [7, 11) is 4.30. The zero-order valence-electron chi connectivity index (χ0n) is 44.1. The zero-order chi connectivity index (χ0) is 52.4. The van der Waals surface area contributed by atoms with E-state index >= 15 is 0 Å². The summed E-state index contributed by atoms with van der Waals surface area (Å²) in [6.45, 7) is 24.2. The molecule has 4 N–H and O–H groups in total. The van der Waals surface area contributed by atoms with Crippen LogP contribution in [0.1, 0.15) is 142 Å². The van der Waals surface area contributed by atoms with E-state index in [-0.39, 0.29) is 37.3 Å². The van der Waals surface area contributed by atoms with Gasteiger partial charge in [0, 0.05) is 45.1 Å². The number of likely N-dealkylation sites (N-methyl/N-ethyl adjacent to an activating group) is 3. The molecule has 18 heteroatoms. The van der Waals surface area contributed by atoms with Crippen molar-refractivity contribution >= 4 is 47.6 Å². The second kappa shape index (κ2) is 28.5. The number of ether oxygens (including phenoxy) is 3. The van der Waals surface area contributed by atoms with Gasteiger partial charge in [0.05, 0.1) is 12.6 Å². The molecule has 0 aromatic carbocycles. The molecular formula is C50H86N6O12. The van der Waals surface area contributed by atoms with E-state index < -0.39 is 120 Å². The highest BCUT2D eigenvalue weighted by Gasteiger charge is 2.39. The van der Waals surface area contributed by atoms with E-state index in [1.54, 1.807) is 55.4 Å². The van der Waals surface area contributed by atoms with Crippen LogP contribution in [-0.2, 0) is 47.8 Å². The minimum atomic E-state index is -1.34.